The van der Waals surface area contributed by atoms with E-state index in [4.69, 9.17) is 0 Å². The van der Waals surface area contributed by atoms with Gasteiger partial charge >= 0.3 is 0 Å². The molecule has 4 nitrogen and oxygen atoms in total. The number of hydrogen-bond donors (Lipinski definition) is 0. The first-order valence-electron chi connectivity index (χ1n) is 6.24. The second kappa shape index (κ2) is 4.39. The summed E-state index contributed by atoms with van der Waals surface area (Å²) in [4.78, 5) is 6.61. The van der Waals surface area contributed by atoms with Crippen molar-refractivity contribution in [3.8, 4) is 11.4 Å². The Morgan fingerprint density at radius 2 is 1.74 bits per heavy atom. The van der Waals surface area contributed by atoms with Crippen LogP contribution in [0, 0.1) is 6.92 Å². The van der Waals surface area contributed by atoms with Gasteiger partial charge in [-0.1, -0.05) is 6.07 Å². The molecule has 3 aromatic rings. The molecule has 0 radical (unpaired) electrons. The van der Waals surface area contributed by atoms with Crippen LogP contribution in [0.4, 0.5) is 5.69 Å². The van der Waals surface area contributed by atoms with Gasteiger partial charge in [0.25, 0.3) is 0 Å². The molecule has 0 saturated heterocycles. The summed E-state index contributed by atoms with van der Waals surface area (Å²) in [5.74, 6) is 0.760. The van der Waals surface area contributed by atoms with Gasteiger partial charge in [0, 0.05) is 31.5 Å². The smallest absolute Gasteiger partial charge is 0.182 e. The molecule has 0 N–H and O–H groups in total. The maximum Gasteiger partial charge on any atom is 0.182 e. The fourth-order valence-electron chi connectivity index (χ4n) is 2.02. The standard InChI is InChI=1S/C15H16N4/c1-11-4-9-14-16-15(17-19(14)10-11)12-5-7-13(8-6-12)18(2)3/h4-10H,1-3H3. The average Bonchev–Trinajstić information content (AvgIpc) is 2.81. The molecule has 0 spiro atoms. The number of pyridine rings is 1. The van der Waals surface area contributed by atoms with Gasteiger partial charge < -0.3 is 4.90 Å². The van der Waals surface area contributed by atoms with Crippen molar-refractivity contribution < 1.29 is 0 Å². The van der Waals surface area contributed by atoms with Crippen LogP contribution in [0.3, 0.4) is 0 Å². The highest BCUT2D eigenvalue weighted by atomic mass is 15.3. The lowest BCUT2D eigenvalue weighted by molar-refractivity contribution is 0.956. The predicted octanol–water partition coefficient (Wildman–Crippen LogP) is 2.77. The summed E-state index contributed by atoms with van der Waals surface area (Å²) in [6.07, 6.45) is 1.99. The third kappa shape index (κ3) is 2.17. The summed E-state index contributed by atoms with van der Waals surface area (Å²) in [6.45, 7) is 2.05. The Hall–Kier alpha value is -2.36. The third-order valence-corrected chi connectivity index (χ3v) is 3.12. The Labute approximate surface area is 112 Å². The van der Waals surface area contributed by atoms with Crippen LogP contribution in [0.5, 0.6) is 0 Å². The Balaban J connectivity index is 2.03. The van der Waals surface area contributed by atoms with E-state index >= 15 is 0 Å². The maximum atomic E-state index is 4.54. The van der Waals surface area contributed by atoms with Crippen LogP contribution in [0.25, 0.3) is 17.0 Å². The molecular formula is C15H16N4. The Bertz CT molecular complexity index is 711. The van der Waals surface area contributed by atoms with Gasteiger partial charge in [-0.05, 0) is 42.8 Å². The zero-order valence-electron chi connectivity index (χ0n) is 11.3. The number of aryl methyl sites for hydroxylation is 1. The number of aromatic nitrogens is 3. The van der Waals surface area contributed by atoms with E-state index in [-0.39, 0.29) is 0 Å². The number of rotatable bonds is 2. The van der Waals surface area contributed by atoms with Gasteiger partial charge in [-0.3, -0.25) is 0 Å². The SMILES string of the molecule is Cc1ccc2nc(-c3ccc(N(C)C)cc3)nn2c1. The van der Waals surface area contributed by atoms with Crippen LogP contribution in [-0.2, 0) is 0 Å². The number of benzene rings is 1. The maximum absolute atomic E-state index is 4.54. The van der Waals surface area contributed by atoms with Crippen molar-refractivity contribution >= 4 is 11.3 Å². The quantitative estimate of drug-likeness (QED) is 0.703. The van der Waals surface area contributed by atoms with Crippen LogP contribution >= 0.6 is 0 Å². The van der Waals surface area contributed by atoms with Crippen LogP contribution in [0.1, 0.15) is 5.56 Å². The van der Waals surface area contributed by atoms with Crippen molar-refractivity contribution in [2.75, 3.05) is 19.0 Å². The summed E-state index contributed by atoms with van der Waals surface area (Å²) in [6, 6.07) is 12.3. The molecule has 0 unspecified atom stereocenters. The summed E-state index contributed by atoms with van der Waals surface area (Å²) in [5.41, 5.74) is 4.25. The molecular weight excluding hydrogens is 236 g/mol. The minimum Gasteiger partial charge on any atom is -0.378 e. The molecule has 2 aromatic heterocycles. The number of nitrogens with zero attached hydrogens (tertiary/aromatic N) is 4. The van der Waals surface area contributed by atoms with Crippen LogP contribution in [-0.4, -0.2) is 28.7 Å². The summed E-state index contributed by atoms with van der Waals surface area (Å²) in [5, 5.41) is 4.51. The molecule has 2 heterocycles. The lowest BCUT2D eigenvalue weighted by Crippen LogP contribution is -2.07. The zero-order valence-corrected chi connectivity index (χ0v) is 11.3. The molecule has 0 amide bonds. The second-order valence-corrected chi connectivity index (χ2v) is 4.89. The fourth-order valence-corrected chi connectivity index (χ4v) is 2.02. The van der Waals surface area contributed by atoms with Gasteiger partial charge in [-0.25, -0.2) is 9.50 Å². The largest absolute Gasteiger partial charge is 0.378 e. The van der Waals surface area contributed by atoms with Gasteiger partial charge in [0.1, 0.15) is 0 Å². The van der Waals surface area contributed by atoms with Crippen molar-refractivity contribution in [3.63, 3.8) is 0 Å². The van der Waals surface area contributed by atoms with E-state index in [1.165, 1.54) is 11.3 Å². The Kier molecular flexibility index (Phi) is 2.71. The molecule has 0 bridgehead atoms. The van der Waals surface area contributed by atoms with Crippen molar-refractivity contribution in [1.29, 1.82) is 0 Å². The molecule has 1 aromatic carbocycles. The van der Waals surface area contributed by atoms with Crippen molar-refractivity contribution in [2.45, 2.75) is 6.92 Å². The van der Waals surface area contributed by atoms with E-state index in [2.05, 4.69) is 39.2 Å². The first kappa shape index (κ1) is 11.7. The Morgan fingerprint density at radius 3 is 2.42 bits per heavy atom. The molecule has 96 valence electrons. The van der Waals surface area contributed by atoms with Crippen LogP contribution < -0.4 is 4.90 Å². The summed E-state index contributed by atoms with van der Waals surface area (Å²) in [7, 11) is 4.06. The van der Waals surface area contributed by atoms with E-state index in [1.807, 2.05) is 43.9 Å². The summed E-state index contributed by atoms with van der Waals surface area (Å²) < 4.78 is 1.82. The van der Waals surface area contributed by atoms with E-state index in [0.717, 1.165) is 17.0 Å². The average molecular weight is 252 g/mol. The van der Waals surface area contributed by atoms with Crippen molar-refractivity contribution in [1.82, 2.24) is 14.6 Å². The molecule has 0 atom stereocenters. The van der Waals surface area contributed by atoms with Crippen LogP contribution in [0.2, 0.25) is 0 Å². The number of anilines is 1. The van der Waals surface area contributed by atoms with Crippen molar-refractivity contribution in [3.05, 3.63) is 48.2 Å². The fraction of sp³-hybridized carbons (Fsp3) is 0.200. The highest BCUT2D eigenvalue weighted by molar-refractivity contribution is 5.62. The third-order valence-electron chi connectivity index (χ3n) is 3.12. The first-order chi connectivity index (χ1) is 9.13. The lowest BCUT2D eigenvalue weighted by atomic mass is 10.2. The molecule has 4 heteroatoms. The minimum absolute atomic E-state index is 0.760. The first-order valence-corrected chi connectivity index (χ1v) is 6.24. The van der Waals surface area contributed by atoms with Gasteiger partial charge in [0.05, 0.1) is 0 Å². The zero-order chi connectivity index (χ0) is 13.4. The van der Waals surface area contributed by atoms with Gasteiger partial charge in [0.15, 0.2) is 11.5 Å². The molecule has 0 aliphatic rings. The van der Waals surface area contributed by atoms with Gasteiger partial charge in [0.2, 0.25) is 0 Å². The van der Waals surface area contributed by atoms with E-state index in [9.17, 15) is 0 Å². The minimum atomic E-state index is 0.760. The van der Waals surface area contributed by atoms with Crippen LogP contribution in [0.15, 0.2) is 42.6 Å². The highest BCUT2D eigenvalue weighted by Crippen LogP contribution is 2.20. The molecule has 0 aliphatic carbocycles. The molecule has 0 aliphatic heterocycles. The molecule has 3 rings (SSSR count). The molecule has 19 heavy (non-hydrogen) atoms. The normalized spacial score (nSPS) is 10.9. The predicted molar refractivity (Wildman–Crippen MR) is 77.5 cm³/mol. The number of fused-ring (bicyclic) bond motifs is 1. The highest BCUT2D eigenvalue weighted by Gasteiger charge is 2.06. The van der Waals surface area contributed by atoms with Gasteiger partial charge in [-0.2, -0.15) is 0 Å². The molecule has 0 fully saturated rings. The van der Waals surface area contributed by atoms with E-state index in [1.54, 1.807) is 0 Å². The van der Waals surface area contributed by atoms with E-state index in [0.29, 0.717) is 0 Å². The lowest BCUT2D eigenvalue weighted by Gasteiger charge is -2.11. The number of hydrogen-bond acceptors (Lipinski definition) is 3. The van der Waals surface area contributed by atoms with Gasteiger partial charge in [-0.15, -0.1) is 5.10 Å². The second-order valence-electron chi connectivity index (χ2n) is 4.89. The Morgan fingerprint density at radius 1 is 1.00 bits per heavy atom. The summed E-state index contributed by atoms with van der Waals surface area (Å²) >= 11 is 0. The monoisotopic (exact) mass is 252 g/mol. The van der Waals surface area contributed by atoms with E-state index < -0.39 is 0 Å². The topological polar surface area (TPSA) is 33.4 Å². The van der Waals surface area contributed by atoms with Crippen molar-refractivity contribution in [2.24, 2.45) is 0 Å². The molecule has 0 saturated carbocycles.